The predicted molar refractivity (Wildman–Crippen MR) is 134 cm³/mol. The van der Waals surface area contributed by atoms with Gasteiger partial charge in [-0.05, 0) is 37.3 Å². The topological polar surface area (TPSA) is 89.6 Å². The van der Waals surface area contributed by atoms with Crippen molar-refractivity contribution in [2.75, 3.05) is 39.3 Å². The molecule has 4 amide bonds. The first-order valence-corrected chi connectivity index (χ1v) is 11.4. The van der Waals surface area contributed by atoms with Crippen LogP contribution in [0, 0.1) is 5.82 Å². The molecule has 2 aromatic carbocycles. The lowest BCUT2D eigenvalue weighted by molar-refractivity contribution is -0.137. The molecule has 0 fully saturated rings. The number of hydrogen-bond acceptors (Lipinski definition) is 4. The third-order valence-corrected chi connectivity index (χ3v) is 5.94. The maximum absolute atomic E-state index is 14.7. The number of halogens is 5. The van der Waals surface area contributed by atoms with Gasteiger partial charge in [0.05, 0.1) is 34.2 Å². The highest BCUT2D eigenvalue weighted by atomic mass is 35.5. The Morgan fingerprint density at radius 3 is 2.57 bits per heavy atom. The Balaban J connectivity index is 1.60. The third-order valence-electron chi connectivity index (χ3n) is 5.64. The molecule has 0 saturated carbocycles. The van der Waals surface area contributed by atoms with Crippen LogP contribution < -0.4 is 25.8 Å². The van der Waals surface area contributed by atoms with E-state index in [0.717, 1.165) is 29.8 Å². The number of alkyl halides is 3. The van der Waals surface area contributed by atoms with Gasteiger partial charge in [-0.1, -0.05) is 17.7 Å². The second kappa shape index (κ2) is 10.1. The maximum Gasteiger partial charge on any atom is 0.416 e. The van der Waals surface area contributed by atoms with Gasteiger partial charge in [-0.3, -0.25) is 9.80 Å². The lowest BCUT2D eigenvalue weighted by Crippen LogP contribution is -2.47. The molecule has 0 aliphatic carbocycles. The number of nitrogens with zero attached hydrogens (tertiary/aromatic N) is 3. The zero-order chi connectivity index (χ0) is 26.9. The largest absolute Gasteiger partial charge is 0.416 e. The predicted octanol–water partition coefficient (Wildman–Crippen LogP) is 6.55. The number of amides is 4. The molecule has 2 heterocycles. The SMILES string of the molecule is CCN1C(=O)N(c2cc(NC(=O)Nc3cccc(C(F)(F)F)c3)c(F)cc2Cl)Cc2cnc(NC)cc21. The van der Waals surface area contributed by atoms with Gasteiger partial charge in [-0.15, -0.1) is 0 Å². The number of pyridine rings is 1. The molecule has 1 aliphatic rings. The Morgan fingerprint density at radius 1 is 1.14 bits per heavy atom. The molecule has 0 radical (unpaired) electrons. The van der Waals surface area contributed by atoms with Gasteiger partial charge in [0, 0.05) is 37.1 Å². The van der Waals surface area contributed by atoms with Gasteiger partial charge in [-0.2, -0.15) is 13.2 Å². The first-order valence-electron chi connectivity index (χ1n) is 11.0. The molecule has 0 spiro atoms. The number of anilines is 5. The molecular formula is C24H21ClF4N6O2. The van der Waals surface area contributed by atoms with Gasteiger partial charge in [0.1, 0.15) is 11.6 Å². The second-order valence-electron chi connectivity index (χ2n) is 8.00. The first-order chi connectivity index (χ1) is 17.5. The summed E-state index contributed by atoms with van der Waals surface area (Å²) in [5.74, 6) is -0.318. The molecular weight excluding hydrogens is 516 g/mol. The fraction of sp³-hybridized carbons (Fsp3) is 0.208. The highest BCUT2D eigenvalue weighted by molar-refractivity contribution is 6.34. The summed E-state index contributed by atoms with van der Waals surface area (Å²) in [7, 11) is 1.71. The number of carbonyl (C=O) groups is 2. The summed E-state index contributed by atoms with van der Waals surface area (Å²) in [5.41, 5.74) is 0.0962. The van der Waals surface area contributed by atoms with Crippen LogP contribution >= 0.6 is 11.6 Å². The third kappa shape index (κ3) is 5.38. The Kier molecular flexibility index (Phi) is 7.12. The van der Waals surface area contributed by atoms with Crippen LogP contribution in [0.25, 0.3) is 0 Å². The number of hydrogen-bond donors (Lipinski definition) is 3. The molecule has 37 heavy (non-hydrogen) atoms. The van der Waals surface area contributed by atoms with E-state index in [-0.39, 0.29) is 28.6 Å². The normalized spacial score (nSPS) is 13.3. The number of benzene rings is 2. The van der Waals surface area contributed by atoms with Crippen molar-refractivity contribution in [3.8, 4) is 0 Å². The van der Waals surface area contributed by atoms with Gasteiger partial charge >= 0.3 is 18.2 Å². The smallest absolute Gasteiger partial charge is 0.373 e. The summed E-state index contributed by atoms with van der Waals surface area (Å²) in [5, 5.41) is 7.35. The molecule has 0 atom stereocenters. The number of carbonyl (C=O) groups excluding carboxylic acids is 2. The van der Waals surface area contributed by atoms with E-state index in [9.17, 15) is 27.2 Å². The second-order valence-corrected chi connectivity index (χ2v) is 8.41. The lowest BCUT2D eigenvalue weighted by atomic mass is 10.1. The maximum atomic E-state index is 14.7. The van der Waals surface area contributed by atoms with Gasteiger partial charge < -0.3 is 16.0 Å². The van der Waals surface area contributed by atoms with Gasteiger partial charge in [0.25, 0.3) is 0 Å². The van der Waals surface area contributed by atoms with Crippen LogP contribution in [0.4, 0.5) is 55.7 Å². The van der Waals surface area contributed by atoms with Crippen molar-refractivity contribution in [1.82, 2.24) is 4.98 Å². The molecule has 1 aliphatic heterocycles. The number of rotatable bonds is 5. The van der Waals surface area contributed by atoms with Crippen LogP contribution in [0.1, 0.15) is 18.1 Å². The minimum Gasteiger partial charge on any atom is -0.373 e. The number of aromatic nitrogens is 1. The average Bonchev–Trinajstić information content (AvgIpc) is 2.85. The van der Waals surface area contributed by atoms with E-state index in [1.54, 1.807) is 26.2 Å². The zero-order valence-corrected chi connectivity index (χ0v) is 20.3. The first kappa shape index (κ1) is 26.0. The lowest BCUT2D eigenvalue weighted by Gasteiger charge is -2.37. The summed E-state index contributed by atoms with van der Waals surface area (Å²) >= 11 is 6.28. The quantitative estimate of drug-likeness (QED) is 0.323. The van der Waals surface area contributed by atoms with Crippen LogP contribution in [-0.2, 0) is 12.7 Å². The molecule has 1 aromatic heterocycles. The van der Waals surface area contributed by atoms with Crippen molar-refractivity contribution in [2.24, 2.45) is 0 Å². The van der Waals surface area contributed by atoms with Gasteiger partial charge in [-0.25, -0.2) is 19.0 Å². The van der Waals surface area contributed by atoms with Gasteiger partial charge in [0.2, 0.25) is 0 Å². The number of nitrogens with one attached hydrogen (secondary N) is 3. The Hall–Kier alpha value is -4.06. The van der Waals surface area contributed by atoms with Crippen molar-refractivity contribution in [2.45, 2.75) is 19.6 Å². The highest BCUT2D eigenvalue weighted by Crippen LogP contribution is 2.38. The van der Waals surface area contributed by atoms with Crippen LogP contribution in [0.3, 0.4) is 0 Å². The molecule has 4 rings (SSSR count). The summed E-state index contributed by atoms with van der Waals surface area (Å²) in [6.45, 7) is 2.21. The van der Waals surface area contributed by atoms with Crippen LogP contribution in [0.5, 0.6) is 0 Å². The number of urea groups is 2. The molecule has 8 nitrogen and oxygen atoms in total. The van der Waals surface area contributed by atoms with Crippen molar-refractivity contribution in [3.05, 3.63) is 70.6 Å². The van der Waals surface area contributed by atoms with E-state index in [0.29, 0.717) is 18.1 Å². The Labute approximate surface area is 214 Å². The molecule has 0 unspecified atom stereocenters. The van der Waals surface area contributed by atoms with Gasteiger partial charge in [0.15, 0.2) is 0 Å². The van der Waals surface area contributed by atoms with E-state index in [2.05, 4.69) is 20.9 Å². The highest BCUT2D eigenvalue weighted by Gasteiger charge is 2.33. The van der Waals surface area contributed by atoms with Crippen LogP contribution in [0.2, 0.25) is 5.02 Å². The Bertz CT molecular complexity index is 1370. The summed E-state index contributed by atoms with van der Waals surface area (Å²) in [4.78, 5) is 32.9. The van der Waals surface area contributed by atoms with E-state index in [1.165, 1.54) is 21.9 Å². The molecule has 3 N–H and O–H groups in total. The zero-order valence-electron chi connectivity index (χ0n) is 19.6. The minimum atomic E-state index is -4.60. The fourth-order valence-corrected chi connectivity index (χ4v) is 4.11. The van der Waals surface area contributed by atoms with Crippen molar-refractivity contribution < 1.29 is 27.2 Å². The monoisotopic (exact) mass is 536 g/mol. The molecule has 13 heteroatoms. The summed E-state index contributed by atoms with van der Waals surface area (Å²) in [6.07, 6.45) is -2.98. The van der Waals surface area contributed by atoms with Crippen molar-refractivity contribution in [3.63, 3.8) is 0 Å². The van der Waals surface area contributed by atoms with Crippen molar-refractivity contribution >= 4 is 52.2 Å². The number of fused-ring (bicyclic) bond motifs is 1. The van der Waals surface area contributed by atoms with Crippen molar-refractivity contribution in [1.29, 1.82) is 0 Å². The van der Waals surface area contributed by atoms with Crippen LogP contribution in [-0.4, -0.2) is 30.6 Å². The standard InChI is InChI=1S/C24H21ClF4N6O2/c1-3-34-19-10-21(30-2)31-11-13(19)12-35(23(34)37)20-9-18(17(26)8-16(20)25)33-22(36)32-15-6-4-5-14(7-15)24(27,28)29/h4-11H,3,12H2,1-2H3,(H,30,31)(H2,32,33,36). The van der Waals surface area contributed by atoms with E-state index in [4.69, 9.17) is 11.6 Å². The fourth-order valence-electron chi connectivity index (χ4n) is 3.86. The summed E-state index contributed by atoms with van der Waals surface area (Å²) in [6, 6.07) is 6.47. The van der Waals surface area contributed by atoms with Crippen LogP contribution in [0.15, 0.2) is 48.7 Å². The molecule has 0 bridgehead atoms. The van der Waals surface area contributed by atoms with E-state index in [1.807, 2.05) is 0 Å². The van der Waals surface area contributed by atoms with E-state index >= 15 is 0 Å². The molecule has 194 valence electrons. The van der Waals surface area contributed by atoms with E-state index < -0.39 is 29.6 Å². The molecule has 3 aromatic rings. The Morgan fingerprint density at radius 2 is 1.89 bits per heavy atom. The minimum absolute atomic E-state index is 0.0750. The molecule has 0 saturated heterocycles. The average molecular weight is 537 g/mol. The summed E-state index contributed by atoms with van der Waals surface area (Å²) < 4.78 is 53.5.